The minimum absolute atomic E-state index is 0.527. The van der Waals surface area contributed by atoms with Crippen LogP contribution in [0.5, 0.6) is 0 Å². The maximum absolute atomic E-state index is 4.49. The summed E-state index contributed by atoms with van der Waals surface area (Å²) in [6.07, 6.45) is 10.5. The summed E-state index contributed by atoms with van der Waals surface area (Å²) in [4.78, 5) is 0. The van der Waals surface area contributed by atoms with Gasteiger partial charge in [0.2, 0.25) is 0 Å². The molecule has 2 atom stereocenters. The molecule has 0 radical (unpaired) electrons. The van der Waals surface area contributed by atoms with Crippen molar-refractivity contribution in [3.8, 4) is 0 Å². The van der Waals surface area contributed by atoms with Crippen LogP contribution in [-0.4, -0.2) is 5.54 Å². The highest BCUT2D eigenvalue weighted by molar-refractivity contribution is 4.97. The first-order chi connectivity index (χ1) is 5.73. The van der Waals surface area contributed by atoms with E-state index in [4.69, 9.17) is 0 Å². The molecule has 1 heteroatoms. The smallest absolute Gasteiger partial charge is 0.0951 e. The van der Waals surface area contributed by atoms with Gasteiger partial charge in [-0.25, -0.2) is 0 Å². The third-order valence-electron chi connectivity index (χ3n) is 4.53. The van der Waals surface area contributed by atoms with Crippen LogP contribution in [0, 0.1) is 17.8 Å². The highest BCUT2D eigenvalue weighted by atomic mass is 14.8. The van der Waals surface area contributed by atoms with Gasteiger partial charge in [-0.3, -0.25) is 0 Å². The molecule has 3 N–H and O–H groups in total. The molecule has 4 fully saturated rings. The molecular formula is C11H20N+. The molecule has 12 heavy (non-hydrogen) atoms. The molecule has 2 unspecified atom stereocenters. The zero-order chi connectivity index (χ0) is 8.18. The summed E-state index contributed by atoms with van der Waals surface area (Å²) in [7, 11) is 0. The Balaban J connectivity index is 1.94. The normalized spacial score (nSPS) is 57.2. The molecule has 4 aliphatic rings. The lowest BCUT2D eigenvalue weighted by atomic mass is 9.65. The van der Waals surface area contributed by atoms with Crippen LogP contribution < -0.4 is 5.73 Å². The van der Waals surface area contributed by atoms with Gasteiger partial charge in [0.15, 0.2) is 0 Å². The van der Waals surface area contributed by atoms with E-state index in [1.807, 2.05) is 0 Å². The zero-order valence-corrected chi connectivity index (χ0v) is 7.89. The number of rotatable bonds is 0. The Kier molecular flexibility index (Phi) is 1.39. The summed E-state index contributed by atoms with van der Waals surface area (Å²) in [5.41, 5.74) is 5.01. The van der Waals surface area contributed by atoms with Crippen LogP contribution in [0.25, 0.3) is 0 Å². The highest BCUT2D eigenvalue weighted by Gasteiger charge is 2.47. The monoisotopic (exact) mass is 166 g/mol. The molecule has 0 aromatic rings. The van der Waals surface area contributed by atoms with E-state index >= 15 is 0 Å². The summed E-state index contributed by atoms with van der Waals surface area (Å²) in [6, 6.07) is 0. The Hall–Kier alpha value is -0.0400. The Bertz CT molecular complexity index is 185. The van der Waals surface area contributed by atoms with Crippen LogP contribution in [0.15, 0.2) is 0 Å². The lowest BCUT2D eigenvalue weighted by molar-refractivity contribution is -0.490. The first-order valence-corrected chi connectivity index (χ1v) is 5.59. The van der Waals surface area contributed by atoms with Gasteiger partial charge in [0.05, 0.1) is 5.54 Å². The second kappa shape index (κ2) is 2.25. The summed E-state index contributed by atoms with van der Waals surface area (Å²) in [6.45, 7) is 0. The molecule has 4 aliphatic carbocycles. The summed E-state index contributed by atoms with van der Waals surface area (Å²) in [5, 5.41) is 0. The fraction of sp³-hybridized carbons (Fsp3) is 1.00. The molecule has 0 aromatic heterocycles. The largest absolute Gasteiger partial charge is 0.353 e. The Morgan fingerprint density at radius 2 is 1.50 bits per heavy atom. The average molecular weight is 166 g/mol. The van der Waals surface area contributed by atoms with E-state index in [9.17, 15) is 0 Å². The van der Waals surface area contributed by atoms with Crippen molar-refractivity contribution in [3.05, 3.63) is 0 Å². The van der Waals surface area contributed by atoms with Crippen molar-refractivity contribution in [2.75, 3.05) is 0 Å². The van der Waals surface area contributed by atoms with E-state index in [0.29, 0.717) is 5.54 Å². The van der Waals surface area contributed by atoms with Gasteiger partial charge in [-0.1, -0.05) is 0 Å². The van der Waals surface area contributed by atoms with Crippen molar-refractivity contribution < 1.29 is 5.73 Å². The maximum atomic E-state index is 4.49. The molecule has 0 amide bonds. The van der Waals surface area contributed by atoms with Crippen LogP contribution in [0.1, 0.15) is 44.9 Å². The maximum Gasteiger partial charge on any atom is 0.0951 e. The van der Waals surface area contributed by atoms with E-state index in [-0.39, 0.29) is 0 Å². The van der Waals surface area contributed by atoms with Gasteiger partial charge in [-0.2, -0.15) is 0 Å². The molecule has 0 heterocycles. The van der Waals surface area contributed by atoms with Gasteiger partial charge < -0.3 is 5.73 Å². The molecule has 0 saturated heterocycles. The molecule has 4 rings (SSSR count). The van der Waals surface area contributed by atoms with Gasteiger partial charge >= 0.3 is 0 Å². The summed E-state index contributed by atoms with van der Waals surface area (Å²) < 4.78 is 0. The average Bonchev–Trinajstić information content (AvgIpc) is 2.14. The summed E-state index contributed by atoms with van der Waals surface area (Å²) >= 11 is 0. The van der Waals surface area contributed by atoms with Gasteiger partial charge in [-0.05, 0) is 43.4 Å². The molecule has 4 bridgehead atoms. The van der Waals surface area contributed by atoms with Crippen molar-refractivity contribution in [2.24, 2.45) is 17.8 Å². The van der Waals surface area contributed by atoms with Crippen LogP contribution in [0.4, 0.5) is 0 Å². The Morgan fingerprint density at radius 3 is 2.17 bits per heavy atom. The molecule has 0 aliphatic heterocycles. The lowest BCUT2D eigenvalue weighted by Crippen LogP contribution is -2.74. The molecule has 1 nitrogen and oxygen atoms in total. The number of fused-ring (bicyclic) bond motifs is 1. The third kappa shape index (κ3) is 1.02. The summed E-state index contributed by atoms with van der Waals surface area (Å²) in [5.74, 6) is 3.24. The van der Waals surface area contributed by atoms with Crippen molar-refractivity contribution >= 4 is 0 Å². The second-order valence-corrected chi connectivity index (χ2v) is 5.75. The molecular weight excluding hydrogens is 146 g/mol. The van der Waals surface area contributed by atoms with Gasteiger partial charge in [0.25, 0.3) is 0 Å². The number of quaternary nitrogens is 1. The molecule has 68 valence electrons. The molecule has 0 spiro atoms. The Labute approximate surface area is 74.7 Å². The van der Waals surface area contributed by atoms with Gasteiger partial charge in [0.1, 0.15) is 0 Å². The second-order valence-electron chi connectivity index (χ2n) is 5.75. The fourth-order valence-electron chi connectivity index (χ4n) is 4.29. The Morgan fingerprint density at radius 1 is 0.917 bits per heavy atom. The van der Waals surface area contributed by atoms with E-state index in [2.05, 4.69) is 5.73 Å². The topological polar surface area (TPSA) is 27.6 Å². The zero-order valence-electron chi connectivity index (χ0n) is 7.89. The molecule has 4 saturated carbocycles. The first kappa shape index (κ1) is 7.37. The fourth-order valence-corrected chi connectivity index (χ4v) is 4.29. The predicted octanol–water partition coefficient (Wildman–Crippen LogP) is 1.59. The van der Waals surface area contributed by atoms with Crippen LogP contribution in [-0.2, 0) is 0 Å². The minimum atomic E-state index is 0.527. The van der Waals surface area contributed by atoms with Crippen molar-refractivity contribution in [1.82, 2.24) is 0 Å². The molecule has 0 aromatic carbocycles. The number of hydrogen-bond donors (Lipinski definition) is 1. The van der Waals surface area contributed by atoms with Gasteiger partial charge in [0, 0.05) is 19.3 Å². The lowest BCUT2D eigenvalue weighted by Gasteiger charge is -2.41. The third-order valence-corrected chi connectivity index (χ3v) is 4.53. The van der Waals surface area contributed by atoms with Crippen LogP contribution in [0.2, 0.25) is 0 Å². The van der Waals surface area contributed by atoms with Gasteiger partial charge in [-0.15, -0.1) is 0 Å². The van der Waals surface area contributed by atoms with Crippen LogP contribution in [0.3, 0.4) is 0 Å². The van der Waals surface area contributed by atoms with E-state index in [1.165, 1.54) is 25.7 Å². The van der Waals surface area contributed by atoms with E-state index in [1.54, 1.807) is 19.3 Å². The van der Waals surface area contributed by atoms with Crippen LogP contribution >= 0.6 is 0 Å². The predicted molar refractivity (Wildman–Crippen MR) is 48.4 cm³/mol. The first-order valence-electron chi connectivity index (χ1n) is 5.59. The van der Waals surface area contributed by atoms with E-state index in [0.717, 1.165) is 17.8 Å². The van der Waals surface area contributed by atoms with Crippen molar-refractivity contribution in [3.63, 3.8) is 0 Å². The SMILES string of the molecule is [NH3+]C12CCC3CC(CC(C3)C1)C2. The number of hydrogen-bond acceptors (Lipinski definition) is 0. The van der Waals surface area contributed by atoms with Crippen molar-refractivity contribution in [1.29, 1.82) is 0 Å². The standard InChI is InChI=1S/C11H19N/c12-11-2-1-8-3-9(6-11)5-10(4-8)7-11/h8-10H,1-7,12H2/p+1. The van der Waals surface area contributed by atoms with Crippen molar-refractivity contribution in [2.45, 2.75) is 50.5 Å². The minimum Gasteiger partial charge on any atom is -0.353 e. The quantitative estimate of drug-likeness (QED) is 0.566. The highest BCUT2D eigenvalue weighted by Crippen LogP contribution is 2.51. The van der Waals surface area contributed by atoms with E-state index < -0.39 is 0 Å².